The van der Waals surface area contributed by atoms with Gasteiger partial charge in [0.1, 0.15) is 12.2 Å². The Kier molecular flexibility index (Phi) is 4.86. The summed E-state index contributed by atoms with van der Waals surface area (Å²) in [6.45, 7) is 1.46. The first-order valence-corrected chi connectivity index (χ1v) is 7.80. The molecule has 2 rings (SSSR count). The predicted octanol–water partition coefficient (Wildman–Crippen LogP) is -0.787. The summed E-state index contributed by atoms with van der Waals surface area (Å²) in [5.74, 6) is 0.493. The molecule has 1 aromatic heterocycles. The highest BCUT2D eigenvalue weighted by Gasteiger charge is 2.20. The summed E-state index contributed by atoms with van der Waals surface area (Å²) in [6, 6.07) is 0.659. The van der Waals surface area contributed by atoms with Crippen molar-refractivity contribution < 1.29 is 8.42 Å². The molecule has 1 saturated carbocycles. The Morgan fingerprint density at radius 1 is 1.53 bits per heavy atom. The van der Waals surface area contributed by atoms with Crippen molar-refractivity contribution in [1.82, 2.24) is 29.5 Å². The van der Waals surface area contributed by atoms with E-state index in [0.29, 0.717) is 18.4 Å². The van der Waals surface area contributed by atoms with Crippen molar-refractivity contribution in [3.63, 3.8) is 0 Å². The second-order valence-electron chi connectivity index (χ2n) is 4.66. The van der Waals surface area contributed by atoms with Gasteiger partial charge in [-0.05, 0) is 25.8 Å². The van der Waals surface area contributed by atoms with Gasteiger partial charge in [0.05, 0.1) is 6.54 Å². The van der Waals surface area contributed by atoms with Gasteiger partial charge in [-0.25, -0.2) is 4.98 Å². The minimum absolute atomic E-state index is 0.118. The van der Waals surface area contributed by atoms with E-state index in [1.54, 1.807) is 7.05 Å². The zero-order valence-electron chi connectivity index (χ0n) is 11.0. The molecule has 0 atom stereocenters. The topological polar surface area (TPSA) is 103 Å². The molecule has 0 radical (unpaired) electrons. The second-order valence-corrected chi connectivity index (χ2v) is 6.52. The number of nitrogens with one attached hydrogen (secondary N) is 3. The molecule has 0 aromatic carbocycles. The number of aromatic nitrogens is 3. The molecular formula is C10H20N6O2S. The van der Waals surface area contributed by atoms with Gasteiger partial charge in [0.15, 0.2) is 0 Å². The van der Waals surface area contributed by atoms with Crippen LogP contribution in [0.3, 0.4) is 0 Å². The summed E-state index contributed by atoms with van der Waals surface area (Å²) in [7, 11) is -1.88. The summed E-state index contributed by atoms with van der Waals surface area (Å²) in [5.41, 5.74) is 0. The molecule has 1 aliphatic carbocycles. The van der Waals surface area contributed by atoms with Crippen LogP contribution in [0.25, 0.3) is 0 Å². The largest absolute Gasteiger partial charge is 0.314 e. The van der Waals surface area contributed by atoms with Gasteiger partial charge in [0, 0.05) is 19.6 Å². The van der Waals surface area contributed by atoms with Crippen LogP contribution >= 0.6 is 0 Å². The molecule has 3 N–H and O–H groups in total. The maximum Gasteiger partial charge on any atom is 0.279 e. The third kappa shape index (κ3) is 4.86. The zero-order valence-corrected chi connectivity index (χ0v) is 11.8. The first-order valence-electron chi connectivity index (χ1n) is 6.36. The minimum Gasteiger partial charge on any atom is -0.314 e. The average Bonchev–Trinajstić information content (AvgIpc) is 3.05. The summed E-state index contributed by atoms with van der Waals surface area (Å²) >= 11 is 0. The van der Waals surface area contributed by atoms with E-state index in [1.807, 2.05) is 0 Å². The molecule has 0 bridgehead atoms. The van der Waals surface area contributed by atoms with Crippen LogP contribution in [0.4, 0.5) is 0 Å². The molecule has 1 aromatic rings. The highest BCUT2D eigenvalue weighted by Crippen LogP contribution is 2.18. The molecule has 8 nitrogen and oxygen atoms in total. The smallest absolute Gasteiger partial charge is 0.279 e. The predicted molar refractivity (Wildman–Crippen MR) is 70.4 cm³/mol. The maximum absolute atomic E-state index is 11.9. The monoisotopic (exact) mass is 288 g/mol. The quantitative estimate of drug-likeness (QED) is 0.517. The first kappa shape index (κ1) is 14.4. The standard InChI is InChI=1S/C10H20N6O2S/c1-16(6-2-5-11-9-3-4-9)19(17,18)14-7-10-12-8-13-15-10/h8-9,11,14H,2-7H2,1H3,(H,12,13,15). The van der Waals surface area contributed by atoms with E-state index in [-0.39, 0.29) is 6.54 Å². The fraction of sp³-hybridized carbons (Fsp3) is 0.800. The Labute approximate surface area is 113 Å². The Hall–Kier alpha value is -1.03. The fourth-order valence-electron chi connectivity index (χ4n) is 1.60. The van der Waals surface area contributed by atoms with Crippen LogP contribution in [0.5, 0.6) is 0 Å². The van der Waals surface area contributed by atoms with Gasteiger partial charge in [-0.15, -0.1) is 0 Å². The summed E-state index contributed by atoms with van der Waals surface area (Å²) < 4.78 is 27.6. The van der Waals surface area contributed by atoms with E-state index in [9.17, 15) is 8.42 Å². The van der Waals surface area contributed by atoms with Gasteiger partial charge in [-0.1, -0.05) is 0 Å². The number of hydrogen-bond acceptors (Lipinski definition) is 5. The third-order valence-corrected chi connectivity index (χ3v) is 4.47. The number of rotatable bonds is 9. The van der Waals surface area contributed by atoms with Crippen LogP contribution in [-0.4, -0.2) is 54.1 Å². The van der Waals surface area contributed by atoms with Crippen molar-refractivity contribution in [1.29, 1.82) is 0 Å². The average molecular weight is 288 g/mol. The molecule has 1 aliphatic rings. The molecule has 19 heavy (non-hydrogen) atoms. The number of hydrogen-bond donors (Lipinski definition) is 3. The molecule has 0 amide bonds. The van der Waals surface area contributed by atoms with E-state index in [1.165, 1.54) is 23.5 Å². The van der Waals surface area contributed by atoms with Crippen molar-refractivity contribution in [2.75, 3.05) is 20.1 Å². The molecule has 0 spiro atoms. The SMILES string of the molecule is CN(CCCNC1CC1)S(=O)(=O)NCc1ncn[nH]1. The zero-order chi connectivity index (χ0) is 13.7. The van der Waals surface area contributed by atoms with Crippen LogP contribution in [0, 0.1) is 0 Å². The van der Waals surface area contributed by atoms with Gasteiger partial charge >= 0.3 is 0 Å². The van der Waals surface area contributed by atoms with Crippen molar-refractivity contribution in [2.45, 2.75) is 31.8 Å². The molecule has 0 unspecified atom stereocenters. The molecule has 108 valence electrons. The van der Waals surface area contributed by atoms with Crippen molar-refractivity contribution in [3.8, 4) is 0 Å². The van der Waals surface area contributed by atoms with E-state index < -0.39 is 10.2 Å². The Morgan fingerprint density at radius 2 is 2.32 bits per heavy atom. The van der Waals surface area contributed by atoms with Crippen molar-refractivity contribution >= 4 is 10.2 Å². The van der Waals surface area contributed by atoms with Crippen molar-refractivity contribution in [3.05, 3.63) is 12.2 Å². The summed E-state index contributed by atoms with van der Waals surface area (Å²) in [6.07, 6.45) is 4.63. The van der Waals surface area contributed by atoms with E-state index >= 15 is 0 Å². The number of H-pyrrole nitrogens is 1. The molecule has 9 heteroatoms. The molecule has 1 heterocycles. The lowest BCUT2D eigenvalue weighted by Crippen LogP contribution is -2.39. The van der Waals surface area contributed by atoms with E-state index in [2.05, 4.69) is 25.2 Å². The van der Waals surface area contributed by atoms with Gasteiger partial charge in [0.25, 0.3) is 10.2 Å². The Balaban J connectivity index is 1.67. The van der Waals surface area contributed by atoms with E-state index in [4.69, 9.17) is 0 Å². The minimum atomic E-state index is -3.45. The molecule has 1 fully saturated rings. The lowest BCUT2D eigenvalue weighted by Gasteiger charge is -2.17. The Morgan fingerprint density at radius 3 is 2.95 bits per heavy atom. The van der Waals surface area contributed by atoms with Crippen LogP contribution in [0.15, 0.2) is 6.33 Å². The summed E-state index contributed by atoms with van der Waals surface area (Å²) in [4.78, 5) is 3.86. The summed E-state index contributed by atoms with van der Waals surface area (Å²) in [5, 5.41) is 9.61. The number of nitrogens with zero attached hydrogens (tertiary/aromatic N) is 3. The number of aromatic amines is 1. The van der Waals surface area contributed by atoms with Crippen LogP contribution in [0.1, 0.15) is 25.1 Å². The van der Waals surface area contributed by atoms with Gasteiger partial charge in [-0.2, -0.15) is 22.5 Å². The molecular weight excluding hydrogens is 268 g/mol. The second kappa shape index (κ2) is 6.42. The normalized spacial score (nSPS) is 16.1. The van der Waals surface area contributed by atoms with Gasteiger partial charge in [-0.3, -0.25) is 5.10 Å². The molecule has 0 saturated heterocycles. The maximum atomic E-state index is 11.9. The molecule has 0 aliphatic heterocycles. The van der Waals surface area contributed by atoms with Crippen LogP contribution < -0.4 is 10.0 Å². The third-order valence-electron chi connectivity index (χ3n) is 2.96. The van der Waals surface area contributed by atoms with E-state index in [0.717, 1.165) is 13.0 Å². The van der Waals surface area contributed by atoms with Crippen LogP contribution in [0.2, 0.25) is 0 Å². The van der Waals surface area contributed by atoms with Gasteiger partial charge < -0.3 is 5.32 Å². The highest BCUT2D eigenvalue weighted by atomic mass is 32.2. The highest BCUT2D eigenvalue weighted by molar-refractivity contribution is 7.87. The van der Waals surface area contributed by atoms with Crippen LogP contribution in [-0.2, 0) is 16.8 Å². The van der Waals surface area contributed by atoms with Crippen molar-refractivity contribution in [2.24, 2.45) is 0 Å². The van der Waals surface area contributed by atoms with Gasteiger partial charge in [0.2, 0.25) is 0 Å². The lowest BCUT2D eigenvalue weighted by molar-refractivity contribution is 0.443. The first-order chi connectivity index (χ1) is 9.08. The fourth-order valence-corrected chi connectivity index (χ4v) is 2.51. The lowest BCUT2D eigenvalue weighted by atomic mass is 10.4. The Bertz CT molecular complexity index is 470.